The predicted octanol–water partition coefficient (Wildman–Crippen LogP) is 3.43. The van der Waals surface area contributed by atoms with Crippen molar-refractivity contribution in [1.82, 2.24) is 9.97 Å². The number of benzene rings is 2. The van der Waals surface area contributed by atoms with Crippen LogP contribution in [0.3, 0.4) is 0 Å². The van der Waals surface area contributed by atoms with Gasteiger partial charge >= 0.3 is 0 Å². The van der Waals surface area contributed by atoms with Gasteiger partial charge < -0.3 is 10.1 Å². The number of rotatable bonds is 5. The lowest BCUT2D eigenvalue weighted by atomic mass is 10.1. The van der Waals surface area contributed by atoms with Crippen LogP contribution in [-0.2, 0) is 6.42 Å². The van der Waals surface area contributed by atoms with Gasteiger partial charge in [0.25, 0.3) is 0 Å². The number of hydrogen-bond acceptors (Lipinski definition) is 4. The Morgan fingerprint density at radius 2 is 2.00 bits per heavy atom. The molecule has 0 saturated carbocycles. The number of halogens is 1. The van der Waals surface area contributed by atoms with E-state index >= 15 is 0 Å². The maximum absolute atomic E-state index is 13.7. The molecule has 1 heterocycles. The van der Waals surface area contributed by atoms with Gasteiger partial charge in [0.15, 0.2) is 0 Å². The molecule has 0 spiro atoms. The molecule has 0 unspecified atom stereocenters. The van der Waals surface area contributed by atoms with Crippen molar-refractivity contribution in [3.63, 3.8) is 0 Å². The van der Waals surface area contributed by atoms with Gasteiger partial charge in [0, 0.05) is 11.9 Å². The standard InChI is InChI=1S/C17H16FN3O/c1-22-13-5-2-4-12(10-13)8-9-19-17-14-6-3-7-15(18)16(14)20-11-21-17/h2-7,10-11H,8-9H2,1H3,(H,19,20,21). The minimum atomic E-state index is -0.337. The Balaban J connectivity index is 1.73. The summed E-state index contributed by atoms with van der Waals surface area (Å²) in [5.41, 5.74) is 1.50. The number of nitrogens with one attached hydrogen (secondary N) is 1. The number of para-hydroxylation sites is 1. The lowest BCUT2D eigenvalue weighted by molar-refractivity contribution is 0.414. The molecular formula is C17H16FN3O. The number of fused-ring (bicyclic) bond motifs is 1. The first-order valence-electron chi connectivity index (χ1n) is 7.04. The average Bonchev–Trinajstić information content (AvgIpc) is 2.56. The molecule has 3 rings (SSSR count). The highest BCUT2D eigenvalue weighted by atomic mass is 19.1. The molecule has 2 aromatic carbocycles. The molecule has 0 saturated heterocycles. The molecule has 3 aromatic rings. The second kappa shape index (κ2) is 6.39. The van der Waals surface area contributed by atoms with E-state index in [9.17, 15) is 4.39 Å². The van der Waals surface area contributed by atoms with E-state index in [4.69, 9.17) is 4.74 Å². The molecular weight excluding hydrogens is 281 g/mol. The SMILES string of the molecule is COc1cccc(CCNc2ncnc3c(F)cccc23)c1. The van der Waals surface area contributed by atoms with Crippen LogP contribution in [0.2, 0.25) is 0 Å². The fourth-order valence-corrected chi connectivity index (χ4v) is 2.35. The Hall–Kier alpha value is -2.69. The van der Waals surface area contributed by atoms with Crippen molar-refractivity contribution < 1.29 is 9.13 Å². The largest absolute Gasteiger partial charge is 0.497 e. The van der Waals surface area contributed by atoms with Gasteiger partial charge in [-0.05, 0) is 36.2 Å². The summed E-state index contributed by atoms with van der Waals surface area (Å²) < 4.78 is 18.9. The highest BCUT2D eigenvalue weighted by molar-refractivity contribution is 5.89. The second-order valence-corrected chi connectivity index (χ2v) is 4.89. The molecule has 0 radical (unpaired) electrons. The normalized spacial score (nSPS) is 10.6. The van der Waals surface area contributed by atoms with Crippen molar-refractivity contribution in [3.8, 4) is 5.75 Å². The van der Waals surface area contributed by atoms with E-state index in [2.05, 4.69) is 15.3 Å². The number of methoxy groups -OCH3 is 1. The molecule has 0 amide bonds. The Bertz CT molecular complexity index is 792. The van der Waals surface area contributed by atoms with Crippen LogP contribution in [0.15, 0.2) is 48.8 Å². The van der Waals surface area contributed by atoms with Crippen molar-refractivity contribution in [2.75, 3.05) is 19.0 Å². The summed E-state index contributed by atoms with van der Waals surface area (Å²) in [6, 6.07) is 12.8. The van der Waals surface area contributed by atoms with Crippen LogP contribution in [0.5, 0.6) is 5.75 Å². The van der Waals surface area contributed by atoms with Gasteiger partial charge in [-0.2, -0.15) is 0 Å². The molecule has 1 N–H and O–H groups in total. The molecule has 0 atom stereocenters. The van der Waals surface area contributed by atoms with Crippen molar-refractivity contribution >= 4 is 16.7 Å². The maximum atomic E-state index is 13.7. The summed E-state index contributed by atoms with van der Waals surface area (Å²) in [4.78, 5) is 8.19. The molecule has 22 heavy (non-hydrogen) atoms. The number of anilines is 1. The fourth-order valence-electron chi connectivity index (χ4n) is 2.35. The summed E-state index contributed by atoms with van der Waals surface area (Å²) >= 11 is 0. The zero-order valence-electron chi connectivity index (χ0n) is 12.2. The van der Waals surface area contributed by atoms with E-state index in [-0.39, 0.29) is 5.82 Å². The first-order valence-corrected chi connectivity index (χ1v) is 7.04. The van der Waals surface area contributed by atoms with Crippen LogP contribution in [-0.4, -0.2) is 23.6 Å². The van der Waals surface area contributed by atoms with Gasteiger partial charge in [0.2, 0.25) is 0 Å². The minimum absolute atomic E-state index is 0.335. The lowest BCUT2D eigenvalue weighted by Crippen LogP contribution is -2.07. The third-order valence-electron chi connectivity index (χ3n) is 3.46. The summed E-state index contributed by atoms with van der Waals surface area (Å²) in [5, 5.41) is 3.93. The summed E-state index contributed by atoms with van der Waals surface area (Å²) in [5.74, 6) is 1.15. The molecule has 0 aliphatic heterocycles. The zero-order valence-corrected chi connectivity index (χ0v) is 12.2. The van der Waals surface area contributed by atoms with Crippen LogP contribution in [0.4, 0.5) is 10.2 Å². The molecule has 112 valence electrons. The highest BCUT2D eigenvalue weighted by Gasteiger charge is 2.06. The Morgan fingerprint density at radius 1 is 1.14 bits per heavy atom. The average molecular weight is 297 g/mol. The van der Waals surface area contributed by atoms with Crippen LogP contribution in [0.25, 0.3) is 10.9 Å². The first kappa shape index (κ1) is 14.3. The number of nitrogens with zero attached hydrogens (tertiary/aromatic N) is 2. The van der Waals surface area contributed by atoms with Crippen LogP contribution >= 0.6 is 0 Å². The van der Waals surface area contributed by atoms with Gasteiger partial charge in [0.1, 0.15) is 29.2 Å². The van der Waals surface area contributed by atoms with Crippen molar-refractivity contribution in [2.24, 2.45) is 0 Å². The number of ether oxygens (including phenoxy) is 1. The van der Waals surface area contributed by atoms with Crippen LogP contribution in [0.1, 0.15) is 5.56 Å². The Kier molecular flexibility index (Phi) is 4.14. The van der Waals surface area contributed by atoms with E-state index in [1.807, 2.05) is 30.3 Å². The monoisotopic (exact) mass is 297 g/mol. The van der Waals surface area contributed by atoms with E-state index in [1.54, 1.807) is 13.2 Å². The molecule has 5 heteroatoms. The van der Waals surface area contributed by atoms with Gasteiger partial charge in [0.05, 0.1) is 7.11 Å². The van der Waals surface area contributed by atoms with E-state index < -0.39 is 0 Å². The highest BCUT2D eigenvalue weighted by Crippen LogP contribution is 2.21. The summed E-state index contributed by atoms with van der Waals surface area (Å²) in [6.45, 7) is 0.690. The smallest absolute Gasteiger partial charge is 0.149 e. The van der Waals surface area contributed by atoms with Crippen LogP contribution < -0.4 is 10.1 Å². The van der Waals surface area contributed by atoms with E-state index in [0.717, 1.165) is 17.7 Å². The number of aromatic nitrogens is 2. The van der Waals surface area contributed by atoms with Crippen molar-refractivity contribution in [2.45, 2.75) is 6.42 Å². The topological polar surface area (TPSA) is 47.0 Å². The van der Waals surface area contributed by atoms with Crippen molar-refractivity contribution in [1.29, 1.82) is 0 Å². The predicted molar refractivity (Wildman–Crippen MR) is 84.7 cm³/mol. The lowest BCUT2D eigenvalue weighted by Gasteiger charge is -2.09. The second-order valence-electron chi connectivity index (χ2n) is 4.89. The van der Waals surface area contributed by atoms with Gasteiger partial charge in [-0.1, -0.05) is 18.2 Å². The molecule has 0 fully saturated rings. The first-order chi connectivity index (χ1) is 10.8. The maximum Gasteiger partial charge on any atom is 0.149 e. The third kappa shape index (κ3) is 2.98. The summed E-state index contributed by atoms with van der Waals surface area (Å²) in [6.07, 6.45) is 2.19. The molecule has 0 aliphatic carbocycles. The van der Waals surface area contributed by atoms with Crippen LogP contribution in [0, 0.1) is 5.82 Å². The minimum Gasteiger partial charge on any atom is -0.497 e. The third-order valence-corrected chi connectivity index (χ3v) is 3.46. The summed E-state index contributed by atoms with van der Waals surface area (Å²) in [7, 11) is 1.65. The zero-order chi connectivity index (χ0) is 15.4. The fraction of sp³-hybridized carbons (Fsp3) is 0.176. The van der Waals surface area contributed by atoms with E-state index in [0.29, 0.717) is 23.3 Å². The molecule has 4 nitrogen and oxygen atoms in total. The van der Waals surface area contributed by atoms with Crippen molar-refractivity contribution in [3.05, 3.63) is 60.2 Å². The molecule has 0 bridgehead atoms. The molecule has 0 aliphatic rings. The Morgan fingerprint density at radius 3 is 2.86 bits per heavy atom. The number of hydrogen-bond donors (Lipinski definition) is 1. The molecule has 1 aromatic heterocycles. The quantitative estimate of drug-likeness (QED) is 0.783. The van der Waals surface area contributed by atoms with E-state index in [1.165, 1.54) is 12.4 Å². The Labute approximate surface area is 128 Å². The van der Waals surface area contributed by atoms with Gasteiger partial charge in [-0.25, -0.2) is 14.4 Å². The van der Waals surface area contributed by atoms with Gasteiger partial charge in [-0.15, -0.1) is 0 Å². The van der Waals surface area contributed by atoms with Gasteiger partial charge in [-0.3, -0.25) is 0 Å².